The zero-order valence-corrected chi connectivity index (χ0v) is 17.6. The van der Waals surface area contributed by atoms with Crippen LogP contribution >= 0.6 is 23.2 Å². The van der Waals surface area contributed by atoms with Gasteiger partial charge in [-0.15, -0.1) is 0 Å². The van der Waals surface area contributed by atoms with Gasteiger partial charge in [0.15, 0.2) is 5.96 Å². The van der Waals surface area contributed by atoms with Crippen LogP contribution in [-0.2, 0) is 11.2 Å². The monoisotopic (exact) mass is 412 g/mol. The normalized spacial score (nSPS) is 21.7. The average molecular weight is 413 g/mol. The van der Waals surface area contributed by atoms with E-state index in [2.05, 4.69) is 20.1 Å². The molecule has 0 aromatic heterocycles. The number of aliphatic imine (C=N–C) groups is 1. The van der Waals surface area contributed by atoms with Crippen molar-refractivity contribution in [3.8, 4) is 0 Å². The molecular weight excluding hydrogens is 383 g/mol. The number of likely N-dealkylation sites (tertiary alicyclic amines) is 1. The second-order valence-electron chi connectivity index (χ2n) is 7.33. The van der Waals surface area contributed by atoms with Crippen LogP contribution in [0.4, 0.5) is 0 Å². The number of benzene rings is 1. The van der Waals surface area contributed by atoms with E-state index in [4.69, 9.17) is 27.9 Å². The van der Waals surface area contributed by atoms with E-state index in [0.717, 1.165) is 81.2 Å². The molecule has 0 spiro atoms. The minimum absolute atomic E-state index is 0.683. The second-order valence-corrected chi connectivity index (χ2v) is 8.17. The highest BCUT2D eigenvalue weighted by molar-refractivity contribution is 6.35. The van der Waals surface area contributed by atoms with E-state index in [-0.39, 0.29) is 0 Å². The lowest BCUT2D eigenvalue weighted by atomic mass is 10.1. The highest BCUT2D eigenvalue weighted by Gasteiger charge is 2.26. The van der Waals surface area contributed by atoms with Gasteiger partial charge in [-0.1, -0.05) is 29.3 Å². The largest absolute Gasteiger partial charge is 0.379 e. The predicted molar refractivity (Wildman–Crippen MR) is 113 cm³/mol. The Hall–Kier alpha value is -1.01. The Labute approximate surface area is 172 Å². The van der Waals surface area contributed by atoms with Gasteiger partial charge in [-0.25, -0.2) is 0 Å². The highest BCUT2D eigenvalue weighted by atomic mass is 35.5. The lowest BCUT2D eigenvalue weighted by molar-refractivity contribution is 0.0315. The summed E-state index contributed by atoms with van der Waals surface area (Å²) in [5.41, 5.74) is 1.14. The van der Waals surface area contributed by atoms with Crippen molar-refractivity contribution in [2.24, 2.45) is 10.9 Å². The van der Waals surface area contributed by atoms with Gasteiger partial charge < -0.3 is 15.0 Å². The molecule has 0 saturated carbocycles. The van der Waals surface area contributed by atoms with Crippen LogP contribution < -0.4 is 5.32 Å². The molecule has 2 fully saturated rings. The number of nitrogens with one attached hydrogen (secondary N) is 1. The number of halogens is 2. The molecule has 0 bridgehead atoms. The first-order chi connectivity index (χ1) is 13.2. The zero-order chi connectivity index (χ0) is 19.1. The number of aryl methyl sites for hydroxylation is 1. The average Bonchev–Trinajstić information content (AvgIpc) is 3.12. The molecule has 2 aliphatic heterocycles. The Balaban J connectivity index is 1.38. The first-order valence-electron chi connectivity index (χ1n) is 9.85. The molecule has 2 aliphatic rings. The third-order valence-corrected chi connectivity index (χ3v) is 5.93. The van der Waals surface area contributed by atoms with Gasteiger partial charge in [-0.2, -0.15) is 0 Å². The number of morpholine rings is 1. The predicted octanol–water partition coefficient (Wildman–Crippen LogP) is 3.16. The van der Waals surface area contributed by atoms with Crippen LogP contribution in [0, 0.1) is 5.92 Å². The fourth-order valence-corrected chi connectivity index (χ4v) is 4.36. The molecule has 1 aromatic rings. The van der Waals surface area contributed by atoms with E-state index in [9.17, 15) is 0 Å². The molecule has 7 heteroatoms. The SMILES string of the molecule is CN=C(NCCCc1ccc(Cl)cc1Cl)N1CCC(CN2CCOCC2)C1. The molecule has 0 aliphatic carbocycles. The van der Waals surface area contributed by atoms with Crippen molar-refractivity contribution in [1.82, 2.24) is 15.1 Å². The fraction of sp³-hybridized carbons (Fsp3) is 0.650. The summed E-state index contributed by atoms with van der Waals surface area (Å²) < 4.78 is 5.44. The van der Waals surface area contributed by atoms with Crippen molar-refractivity contribution in [3.63, 3.8) is 0 Å². The van der Waals surface area contributed by atoms with E-state index in [0.29, 0.717) is 5.02 Å². The van der Waals surface area contributed by atoms with Gasteiger partial charge in [-0.3, -0.25) is 9.89 Å². The summed E-state index contributed by atoms with van der Waals surface area (Å²) in [6.45, 7) is 8.10. The molecular formula is C20H30Cl2N4O. The number of nitrogens with zero attached hydrogens (tertiary/aromatic N) is 3. The molecule has 5 nitrogen and oxygen atoms in total. The maximum Gasteiger partial charge on any atom is 0.193 e. The van der Waals surface area contributed by atoms with Crippen LogP contribution in [0.15, 0.2) is 23.2 Å². The van der Waals surface area contributed by atoms with E-state index in [1.54, 1.807) is 0 Å². The molecule has 2 saturated heterocycles. The molecule has 0 radical (unpaired) electrons. The Bertz CT molecular complexity index is 634. The third-order valence-electron chi connectivity index (χ3n) is 5.34. The molecule has 2 heterocycles. The maximum absolute atomic E-state index is 6.25. The van der Waals surface area contributed by atoms with Gasteiger partial charge in [0.05, 0.1) is 13.2 Å². The summed E-state index contributed by atoms with van der Waals surface area (Å²) in [6.07, 6.45) is 3.17. The van der Waals surface area contributed by atoms with Crippen molar-refractivity contribution in [2.75, 3.05) is 59.5 Å². The Morgan fingerprint density at radius 3 is 2.81 bits per heavy atom. The molecule has 1 unspecified atom stereocenters. The Kier molecular flexibility index (Phi) is 8.07. The summed E-state index contributed by atoms with van der Waals surface area (Å²) in [6, 6.07) is 5.72. The van der Waals surface area contributed by atoms with Gasteiger partial charge in [0.1, 0.15) is 0 Å². The summed E-state index contributed by atoms with van der Waals surface area (Å²) in [5, 5.41) is 4.94. The third kappa shape index (κ3) is 6.24. The van der Waals surface area contributed by atoms with Crippen molar-refractivity contribution >= 4 is 29.2 Å². The lowest BCUT2D eigenvalue weighted by Crippen LogP contribution is -2.42. The summed E-state index contributed by atoms with van der Waals surface area (Å²) in [7, 11) is 1.87. The molecule has 0 amide bonds. The standard InChI is InChI=1S/C20H30Cl2N4O/c1-23-20(24-7-2-3-17-4-5-18(21)13-19(17)22)26-8-6-16(15-26)14-25-9-11-27-12-10-25/h4-5,13,16H,2-3,6-12,14-15H2,1H3,(H,23,24). The highest BCUT2D eigenvalue weighted by Crippen LogP contribution is 2.22. The second kappa shape index (κ2) is 10.5. The van der Waals surface area contributed by atoms with Gasteiger partial charge in [0, 0.05) is 56.4 Å². The van der Waals surface area contributed by atoms with Gasteiger partial charge in [0.2, 0.25) is 0 Å². The lowest BCUT2D eigenvalue weighted by Gasteiger charge is -2.29. The number of hydrogen-bond acceptors (Lipinski definition) is 3. The quantitative estimate of drug-likeness (QED) is 0.442. The van der Waals surface area contributed by atoms with Crippen molar-refractivity contribution < 1.29 is 4.74 Å². The summed E-state index contributed by atoms with van der Waals surface area (Å²) in [5.74, 6) is 1.73. The first-order valence-corrected chi connectivity index (χ1v) is 10.6. The van der Waals surface area contributed by atoms with Crippen molar-refractivity contribution in [2.45, 2.75) is 19.3 Å². The molecule has 150 valence electrons. The summed E-state index contributed by atoms with van der Waals surface area (Å²) >= 11 is 12.2. The van der Waals surface area contributed by atoms with E-state index < -0.39 is 0 Å². The number of hydrogen-bond donors (Lipinski definition) is 1. The fourth-order valence-electron chi connectivity index (χ4n) is 3.86. The molecule has 1 atom stereocenters. The maximum atomic E-state index is 6.25. The van der Waals surface area contributed by atoms with Crippen LogP contribution in [-0.4, -0.2) is 75.3 Å². The van der Waals surface area contributed by atoms with E-state index >= 15 is 0 Å². The number of rotatable bonds is 6. The smallest absolute Gasteiger partial charge is 0.193 e. The molecule has 1 aromatic carbocycles. The van der Waals surface area contributed by atoms with E-state index in [1.165, 1.54) is 13.0 Å². The molecule has 1 N–H and O–H groups in total. The zero-order valence-electron chi connectivity index (χ0n) is 16.1. The summed E-state index contributed by atoms with van der Waals surface area (Å²) in [4.78, 5) is 9.40. The van der Waals surface area contributed by atoms with Crippen LogP contribution in [0.25, 0.3) is 0 Å². The Morgan fingerprint density at radius 2 is 2.07 bits per heavy atom. The van der Waals surface area contributed by atoms with Crippen LogP contribution in [0.2, 0.25) is 10.0 Å². The van der Waals surface area contributed by atoms with Gasteiger partial charge in [0.25, 0.3) is 0 Å². The van der Waals surface area contributed by atoms with Crippen LogP contribution in [0.5, 0.6) is 0 Å². The number of guanidine groups is 1. The van der Waals surface area contributed by atoms with Gasteiger partial charge in [-0.05, 0) is 42.9 Å². The van der Waals surface area contributed by atoms with Crippen LogP contribution in [0.1, 0.15) is 18.4 Å². The first kappa shape index (κ1) is 20.7. The Morgan fingerprint density at radius 1 is 1.26 bits per heavy atom. The minimum Gasteiger partial charge on any atom is -0.379 e. The topological polar surface area (TPSA) is 40.1 Å². The van der Waals surface area contributed by atoms with Crippen molar-refractivity contribution in [3.05, 3.63) is 33.8 Å². The van der Waals surface area contributed by atoms with Gasteiger partial charge >= 0.3 is 0 Å². The minimum atomic E-state index is 0.683. The van der Waals surface area contributed by atoms with Crippen LogP contribution in [0.3, 0.4) is 0 Å². The van der Waals surface area contributed by atoms with E-state index in [1.807, 2.05) is 25.2 Å². The van der Waals surface area contributed by atoms with Crippen molar-refractivity contribution in [1.29, 1.82) is 0 Å². The molecule has 3 rings (SSSR count). The number of ether oxygens (including phenoxy) is 1. The molecule has 27 heavy (non-hydrogen) atoms.